The van der Waals surface area contributed by atoms with Crippen LogP contribution in [0.2, 0.25) is 0 Å². The van der Waals surface area contributed by atoms with Crippen molar-refractivity contribution < 1.29 is 4.79 Å². The summed E-state index contributed by atoms with van der Waals surface area (Å²) in [7, 11) is 0. The second-order valence-electron chi connectivity index (χ2n) is 4.80. The molecule has 3 heteroatoms. The SMILES string of the molecule is C=C(C)CC.C=C/C=C/NC(=O)Nc1ccc(C)c(C)c1. The summed E-state index contributed by atoms with van der Waals surface area (Å²) in [6.45, 7) is 15.3. The van der Waals surface area contributed by atoms with Crippen molar-refractivity contribution in [1.29, 1.82) is 0 Å². The van der Waals surface area contributed by atoms with Gasteiger partial charge in [0.25, 0.3) is 0 Å². The van der Waals surface area contributed by atoms with Gasteiger partial charge in [-0.25, -0.2) is 4.79 Å². The largest absolute Gasteiger partial charge is 0.323 e. The molecule has 0 radical (unpaired) electrons. The van der Waals surface area contributed by atoms with E-state index in [1.165, 1.54) is 17.3 Å². The fourth-order valence-electron chi connectivity index (χ4n) is 1.18. The topological polar surface area (TPSA) is 41.1 Å². The minimum atomic E-state index is -0.263. The van der Waals surface area contributed by atoms with Gasteiger partial charge in [-0.05, 0) is 56.5 Å². The van der Waals surface area contributed by atoms with E-state index in [1.54, 1.807) is 12.2 Å². The standard InChI is InChI=1S/C13H16N2O.C5H10/c1-4-5-8-14-13(16)15-12-7-6-10(2)11(3)9-12;1-4-5(2)3/h4-9H,1H2,2-3H3,(H2,14,15,16);2,4H2,1,3H3/b8-5+;. The Balaban J connectivity index is 0.000000690. The molecule has 0 aromatic heterocycles. The number of aryl methyl sites for hydroxylation is 2. The summed E-state index contributed by atoms with van der Waals surface area (Å²) in [5.41, 5.74) is 4.40. The van der Waals surface area contributed by atoms with Gasteiger partial charge < -0.3 is 10.6 Å². The van der Waals surface area contributed by atoms with E-state index in [2.05, 4.69) is 30.7 Å². The summed E-state index contributed by atoms with van der Waals surface area (Å²) in [4.78, 5) is 11.4. The van der Waals surface area contributed by atoms with Crippen LogP contribution < -0.4 is 10.6 Å². The van der Waals surface area contributed by atoms with Gasteiger partial charge in [-0.3, -0.25) is 0 Å². The van der Waals surface area contributed by atoms with Crippen molar-refractivity contribution in [1.82, 2.24) is 5.32 Å². The van der Waals surface area contributed by atoms with E-state index in [0.717, 1.165) is 17.7 Å². The van der Waals surface area contributed by atoms with E-state index in [9.17, 15) is 4.79 Å². The quantitative estimate of drug-likeness (QED) is 0.587. The number of rotatable bonds is 4. The molecule has 0 heterocycles. The lowest BCUT2D eigenvalue weighted by atomic mass is 10.1. The lowest BCUT2D eigenvalue weighted by Gasteiger charge is -2.06. The van der Waals surface area contributed by atoms with Crippen LogP contribution >= 0.6 is 0 Å². The minimum absolute atomic E-state index is 0.263. The molecule has 0 aliphatic carbocycles. The predicted octanol–water partition coefficient (Wildman–Crippen LogP) is 5.10. The number of carbonyl (C=O) groups excluding carboxylic acids is 1. The Morgan fingerprint density at radius 1 is 1.29 bits per heavy atom. The average molecular weight is 286 g/mol. The van der Waals surface area contributed by atoms with E-state index in [4.69, 9.17) is 0 Å². The first-order valence-electron chi connectivity index (χ1n) is 6.97. The molecule has 21 heavy (non-hydrogen) atoms. The molecule has 2 amide bonds. The third-order valence-corrected chi connectivity index (χ3v) is 2.82. The van der Waals surface area contributed by atoms with E-state index >= 15 is 0 Å². The van der Waals surface area contributed by atoms with Gasteiger partial charge in [0.15, 0.2) is 0 Å². The first kappa shape index (κ1) is 18.7. The summed E-state index contributed by atoms with van der Waals surface area (Å²) >= 11 is 0. The van der Waals surface area contributed by atoms with Crippen LogP contribution in [-0.4, -0.2) is 6.03 Å². The van der Waals surface area contributed by atoms with E-state index < -0.39 is 0 Å². The molecule has 0 aliphatic heterocycles. The van der Waals surface area contributed by atoms with E-state index in [1.807, 2.05) is 39.0 Å². The van der Waals surface area contributed by atoms with Gasteiger partial charge in [0.2, 0.25) is 0 Å². The zero-order chi connectivity index (χ0) is 16.3. The van der Waals surface area contributed by atoms with Crippen LogP contribution in [0, 0.1) is 13.8 Å². The molecule has 1 aromatic carbocycles. The molecule has 0 spiro atoms. The number of anilines is 1. The number of amides is 2. The molecule has 1 aromatic rings. The van der Waals surface area contributed by atoms with Gasteiger partial charge >= 0.3 is 6.03 Å². The lowest BCUT2D eigenvalue weighted by Crippen LogP contribution is -2.23. The highest BCUT2D eigenvalue weighted by Gasteiger charge is 2.00. The van der Waals surface area contributed by atoms with Crippen molar-refractivity contribution in [2.45, 2.75) is 34.1 Å². The summed E-state index contributed by atoms with van der Waals surface area (Å²) < 4.78 is 0. The highest BCUT2D eigenvalue weighted by molar-refractivity contribution is 5.90. The third kappa shape index (κ3) is 9.27. The molecule has 0 fully saturated rings. The van der Waals surface area contributed by atoms with Gasteiger partial charge in [-0.15, -0.1) is 6.58 Å². The highest BCUT2D eigenvalue weighted by atomic mass is 16.2. The number of nitrogens with one attached hydrogen (secondary N) is 2. The number of carbonyl (C=O) groups is 1. The van der Waals surface area contributed by atoms with Gasteiger partial charge in [-0.1, -0.05) is 31.2 Å². The van der Waals surface area contributed by atoms with Crippen molar-refractivity contribution in [3.8, 4) is 0 Å². The molecule has 0 saturated heterocycles. The lowest BCUT2D eigenvalue weighted by molar-refractivity contribution is 0.255. The third-order valence-electron chi connectivity index (χ3n) is 2.82. The maximum atomic E-state index is 11.4. The Kier molecular flexibility index (Phi) is 9.35. The summed E-state index contributed by atoms with van der Waals surface area (Å²) in [5, 5.41) is 5.30. The van der Waals surface area contributed by atoms with Crippen LogP contribution in [-0.2, 0) is 0 Å². The van der Waals surface area contributed by atoms with Crippen LogP contribution in [0.4, 0.5) is 10.5 Å². The van der Waals surface area contributed by atoms with Crippen LogP contribution in [0.15, 0.2) is 55.3 Å². The predicted molar refractivity (Wildman–Crippen MR) is 92.5 cm³/mol. The van der Waals surface area contributed by atoms with Crippen LogP contribution in [0.5, 0.6) is 0 Å². The fraction of sp³-hybridized carbons (Fsp3) is 0.278. The fourth-order valence-corrected chi connectivity index (χ4v) is 1.18. The average Bonchev–Trinajstić information content (AvgIpc) is 2.44. The molecule has 2 N–H and O–H groups in total. The first-order valence-corrected chi connectivity index (χ1v) is 6.97. The second-order valence-corrected chi connectivity index (χ2v) is 4.80. The van der Waals surface area contributed by atoms with Gasteiger partial charge in [-0.2, -0.15) is 0 Å². The molecule has 0 aliphatic rings. The minimum Gasteiger partial charge on any atom is -0.314 e. The summed E-state index contributed by atoms with van der Waals surface area (Å²) in [6.07, 6.45) is 5.89. The normalized spacial score (nSPS) is 9.52. The van der Waals surface area contributed by atoms with Gasteiger partial charge in [0, 0.05) is 11.9 Å². The monoisotopic (exact) mass is 286 g/mol. The van der Waals surface area contributed by atoms with Crippen LogP contribution in [0.1, 0.15) is 31.4 Å². The number of urea groups is 1. The van der Waals surface area contributed by atoms with E-state index in [0.29, 0.717) is 0 Å². The Bertz CT molecular complexity index is 516. The summed E-state index contributed by atoms with van der Waals surface area (Å²) in [6, 6.07) is 5.52. The van der Waals surface area contributed by atoms with Crippen molar-refractivity contribution >= 4 is 11.7 Å². The zero-order valence-corrected chi connectivity index (χ0v) is 13.5. The smallest absolute Gasteiger partial charge is 0.314 e. The van der Waals surface area contributed by atoms with Gasteiger partial charge in [0.05, 0.1) is 0 Å². The van der Waals surface area contributed by atoms with Crippen LogP contribution in [0.3, 0.4) is 0 Å². The number of hydrogen-bond donors (Lipinski definition) is 2. The maximum absolute atomic E-state index is 11.4. The molecule has 0 bridgehead atoms. The van der Waals surface area contributed by atoms with Crippen molar-refractivity contribution in [2.24, 2.45) is 0 Å². The molecule has 1 rings (SSSR count). The van der Waals surface area contributed by atoms with Crippen molar-refractivity contribution in [2.75, 3.05) is 5.32 Å². The second kappa shape index (κ2) is 10.5. The molecule has 0 saturated carbocycles. The zero-order valence-electron chi connectivity index (χ0n) is 13.5. The molecule has 0 unspecified atom stereocenters. The first-order chi connectivity index (χ1) is 9.90. The van der Waals surface area contributed by atoms with Crippen LogP contribution in [0.25, 0.3) is 0 Å². The Hall–Kier alpha value is -2.29. The highest BCUT2D eigenvalue weighted by Crippen LogP contribution is 2.13. The molecular weight excluding hydrogens is 260 g/mol. The molecule has 114 valence electrons. The van der Waals surface area contributed by atoms with E-state index in [-0.39, 0.29) is 6.03 Å². The Morgan fingerprint density at radius 2 is 1.90 bits per heavy atom. The Labute approximate surface area is 128 Å². The molecule has 3 nitrogen and oxygen atoms in total. The number of allylic oxidation sites excluding steroid dienone is 3. The van der Waals surface area contributed by atoms with Gasteiger partial charge in [0.1, 0.15) is 0 Å². The number of benzene rings is 1. The van der Waals surface area contributed by atoms with Crippen molar-refractivity contribution in [3.63, 3.8) is 0 Å². The Morgan fingerprint density at radius 3 is 2.38 bits per heavy atom. The van der Waals surface area contributed by atoms with Crippen molar-refractivity contribution in [3.05, 3.63) is 66.4 Å². The molecular formula is C18H26N2O. The maximum Gasteiger partial charge on any atom is 0.323 e. The number of hydrogen-bond acceptors (Lipinski definition) is 1. The molecule has 0 atom stereocenters. The summed E-state index contributed by atoms with van der Waals surface area (Å²) in [5.74, 6) is 0.